The molecule has 0 saturated carbocycles. The quantitative estimate of drug-likeness (QED) is 0.801. The van der Waals surface area contributed by atoms with Crippen molar-refractivity contribution >= 4 is 22.9 Å². The largest absolute Gasteiger partial charge is 0.393 e. The first kappa shape index (κ1) is 14.9. The zero-order valence-corrected chi connectivity index (χ0v) is 12.7. The molecule has 110 valence electrons. The summed E-state index contributed by atoms with van der Waals surface area (Å²) in [5.74, 6) is 0.474. The number of nitrogens with one attached hydrogen (secondary N) is 1. The summed E-state index contributed by atoms with van der Waals surface area (Å²) in [7, 11) is 1.57. The smallest absolute Gasteiger partial charge is 0.329 e. The fourth-order valence-electron chi connectivity index (χ4n) is 1.96. The summed E-state index contributed by atoms with van der Waals surface area (Å²) >= 11 is 1.37. The topological polar surface area (TPSA) is 92.9 Å². The van der Waals surface area contributed by atoms with Gasteiger partial charge in [-0.1, -0.05) is 11.8 Å². The second-order valence-electron chi connectivity index (χ2n) is 5.01. The Morgan fingerprint density at radius 2 is 2.00 bits per heavy atom. The van der Waals surface area contributed by atoms with E-state index in [1.807, 2.05) is 13.8 Å². The molecule has 2 rings (SSSR count). The Labute approximate surface area is 119 Å². The fraction of sp³-hybridized carbons (Fsp3) is 0.583. The number of imidazole rings is 1. The third-order valence-corrected chi connectivity index (χ3v) is 4.08. The van der Waals surface area contributed by atoms with Crippen molar-refractivity contribution in [3.05, 3.63) is 20.8 Å². The Balaban J connectivity index is 2.73. The number of hydrogen-bond acceptors (Lipinski definition) is 5. The van der Waals surface area contributed by atoms with E-state index in [2.05, 4.69) is 9.97 Å². The van der Waals surface area contributed by atoms with Gasteiger partial charge < -0.3 is 9.67 Å². The highest BCUT2D eigenvalue weighted by atomic mass is 32.2. The van der Waals surface area contributed by atoms with Crippen molar-refractivity contribution in [2.45, 2.75) is 38.1 Å². The Kier molecular flexibility index (Phi) is 4.05. The number of aryl methyl sites for hydroxylation is 1. The van der Waals surface area contributed by atoms with Crippen LogP contribution in [-0.2, 0) is 7.05 Å². The van der Waals surface area contributed by atoms with E-state index in [0.29, 0.717) is 22.1 Å². The lowest BCUT2D eigenvalue weighted by Crippen LogP contribution is -2.29. The predicted octanol–water partition coefficient (Wildman–Crippen LogP) is 0.477. The lowest BCUT2D eigenvalue weighted by Gasteiger charge is -2.12. The number of aliphatic hydroxyl groups is 1. The van der Waals surface area contributed by atoms with Gasteiger partial charge in [-0.3, -0.25) is 14.3 Å². The van der Waals surface area contributed by atoms with Crippen molar-refractivity contribution in [1.82, 2.24) is 19.1 Å². The molecule has 20 heavy (non-hydrogen) atoms. The molecule has 0 fully saturated rings. The summed E-state index contributed by atoms with van der Waals surface area (Å²) in [6.45, 7) is 5.58. The van der Waals surface area contributed by atoms with Crippen LogP contribution in [0.4, 0.5) is 0 Å². The molecule has 1 atom stereocenters. The van der Waals surface area contributed by atoms with Crippen molar-refractivity contribution in [2.24, 2.45) is 7.05 Å². The van der Waals surface area contributed by atoms with Crippen LogP contribution in [0.15, 0.2) is 14.7 Å². The molecule has 2 heterocycles. The van der Waals surface area contributed by atoms with Crippen LogP contribution in [0, 0.1) is 0 Å². The second-order valence-corrected chi connectivity index (χ2v) is 6.00. The predicted molar refractivity (Wildman–Crippen MR) is 78.4 cm³/mol. The number of fused-ring (bicyclic) bond motifs is 1. The number of aromatic amines is 1. The van der Waals surface area contributed by atoms with Gasteiger partial charge in [-0.25, -0.2) is 9.78 Å². The third-order valence-electron chi connectivity index (χ3n) is 2.89. The van der Waals surface area contributed by atoms with Crippen LogP contribution in [0.5, 0.6) is 0 Å². The van der Waals surface area contributed by atoms with Gasteiger partial charge in [0.1, 0.15) is 0 Å². The molecule has 2 aromatic rings. The third kappa shape index (κ3) is 2.53. The van der Waals surface area contributed by atoms with Crippen LogP contribution in [0.1, 0.15) is 26.8 Å². The summed E-state index contributed by atoms with van der Waals surface area (Å²) in [4.78, 5) is 30.3. The molecule has 0 spiro atoms. The molecule has 0 bridgehead atoms. The number of aromatic nitrogens is 4. The summed E-state index contributed by atoms with van der Waals surface area (Å²) in [6.07, 6.45) is -0.470. The van der Waals surface area contributed by atoms with Gasteiger partial charge in [-0.05, 0) is 20.8 Å². The molecule has 0 aliphatic rings. The molecular weight excluding hydrogens is 280 g/mol. The molecular formula is C12H18N4O3S. The maximum atomic E-state index is 12.0. The average Bonchev–Trinajstić information content (AvgIpc) is 2.73. The molecule has 0 radical (unpaired) electrons. The zero-order valence-electron chi connectivity index (χ0n) is 11.9. The van der Waals surface area contributed by atoms with E-state index in [0.717, 1.165) is 0 Å². The van der Waals surface area contributed by atoms with Crippen molar-refractivity contribution in [3.8, 4) is 0 Å². The van der Waals surface area contributed by atoms with Gasteiger partial charge in [-0.15, -0.1) is 0 Å². The van der Waals surface area contributed by atoms with Gasteiger partial charge in [0.05, 0.1) is 6.10 Å². The van der Waals surface area contributed by atoms with Crippen molar-refractivity contribution in [2.75, 3.05) is 5.75 Å². The van der Waals surface area contributed by atoms with Crippen LogP contribution < -0.4 is 11.2 Å². The number of thioether (sulfide) groups is 1. The lowest BCUT2D eigenvalue weighted by atomic mass is 10.4. The molecule has 1 unspecified atom stereocenters. The molecule has 0 aliphatic carbocycles. The Morgan fingerprint density at radius 1 is 1.35 bits per heavy atom. The van der Waals surface area contributed by atoms with E-state index in [9.17, 15) is 14.7 Å². The number of aliphatic hydroxyl groups excluding tert-OH is 1. The molecule has 2 N–H and O–H groups in total. The van der Waals surface area contributed by atoms with Crippen LogP contribution in [0.2, 0.25) is 0 Å². The number of hydrogen-bond donors (Lipinski definition) is 2. The van der Waals surface area contributed by atoms with E-state index in [-0.39, 0.29) is 6.04 Å². The lowest BCUT2D eigenvalue weighted by molar-refractivity contribution is 0.220. The van der Waals surface area contributed by atoms with Crippen molar-refractivity contribution in [3.63, 3.8) is 0 Å². The minimum absolute atomic E-state index is 0.0232. The van der Waals surface area contributed by atoms with Crippen molar-refractivity contribution in [1.29, 1.82) is 0 Å². The maximum Gasteiger partial charge on any atom is 0.329 e. The van der Waals surface area contributed by atoms with Crippen LogP contribution in [0.3, 0.4) is 0 Å². The van der Waals surface area contributed by atoms with Gasteiger partial charge in [-0.2, -0.15) is 0 Å². The van der Waals surface area contributed by atoms with E-state index < -0.39 is 17.4 Å². The molecule has 7 nitrogen and oxygen atoms in total. The second kappa shape index (κ2) is 5.45. The van der Waals surface area contributed by atoms with Gasteiger partial charge in [0.25, 0.3) is 5.56 Å². The molecule has 0 aliphatic heterocycles. The van der Waals surface area contributed by atoms with Gasteiger partial charge in [0, 0.05) is 18.8 Å². The highest BCUT2D eigenvalue weighted by molar-refractivity contribution is 7.99. The Morgan fingerprint density at radius 3 is 2.55 bits per heavy atom. The first-order valence-corrected chi connectivity index (χ1v) is 7.33. The Hall–Kier alpha value is -1.54. The number of H-pyrrole nitrogens is 1. The average molecular weight is 298 g/mol. The fourth-order valence-corrected chi connectivity index (χ4v) is 2.94. The van der Waals surface area contributed by atoms with Gasteiger partial charge in [0.15, 0.2) is 16.3 Å². The van der Waals surface area contributed by atoms with E-state index in [1.54, 1.807) is 18.5 Å². The summed E-state index contributed by atoms with van der Waals surface area (Å²) in [6, 6.07) is 0.0232. The summed E-state index contributed by atoms with van der Waals surface area (Å²) < 4.78 is 3.11. The molecule has 2 aromatic heterocycles. The SMILES string of the molecule is CC(O)CSc1nc2c(c(=O)[nH]c(=O)n2C)n1C(C)C. The van der Waals surface area contributed by atoms with Gasteiger partial charge >= 0.3 is 5.69 Å². The maximum absolute atomic E-state index is 12.0. The highest BCUT2D eigenvalue weighted by Crippen LogP contribution is 2.25. The van der Waals surface area contributed by atoms with Crippen LogP contribution in [0.25, 0.3) is 11.2 Å². The molecule has 0 amide bonds. The first-order valence-electron chi connectivity index (χ1n) is 6.35. The number of nitrogens with zero attached hydrogens (tertiary/aromatic N) is 3. The van der Waals surface area contributed by atoms with Crippen LogP contribution >= 0.6 is 11.8 Å². The van der Waals surface area contributed by atoms with E-state index >= 15 is 0 Å². The van der Waals surface area contributed by atoms with Gasteiger partial charge in [0.2, 0.25) is 0 Å². The molecule has 8 heteroatoms. The van der Waals surface area contributed by atoms with E-state index in [4.69, 9.17) is 0 Å². The normalized spacial score (nSPS) is 13.3. The highest BCUT2D eigenvalue weighted by Gasteiger charge is 2.19. The van der Waals surface area contributed by atoms with E-state index in [1.165, 1.54) is 16.3 Å². The first-order chi connectivity index (χ1) is 9.32. The number of rotatable bonds is 4. The zero-order chi connectivity index (χ0) is 15.0. The summed E-state index contributed by atoms with van der Waals surface area (Å²) in [5.41, 5.74) is -0.174. The summed E-state index contributed by atoms with van der Waals surface area (Å²) in [5, 5.41) is 10.0. The molecule has 0 saturated heterocycles. The minimum Gasteiger partial charge on any atom is -0.393 e. The van der Waals surface area contributed by atoms with Crippen LogP contribution in [-0.4, -0.2) is 36.1 Å². The minimum atomic E-state index is -0.483. The Bertz CT molecular complexity index is 741. The molecule has 0 aromatic carbocycles. The van der Waals surface area contributed by atoms with Crippen molar-refractivity contribution < 1.29 is 5.11 Å². The standard InChI is InChI=1S/C12H18N4O3S/c1-6(2)16-8-9(13-12(16)20-5-7(3)17)15(4)11(19)14-10(8)18/h6-7,17H,5H2,1-4H3,(H,14,18,19). The monoisotopic (exact) mass is 298 g/mol.